The van der Waals surface area contributed by atoms with Gasteiger partial charge >= 0.3 is 0 Å². The molecule has 0 aromatic heterocycles. The Hall–Kier alpha value is -2.12. The average Bonchev–Trinajstić information content (AvgIpc) is 3.68. The number of epoxide rings is 2. The van der Waals surface area contributed by atoms with Crippen LogP contribution in [-0.2, 0) is 24.4 Å². The molecule has 2 aliphatic rings. The predicted octanol–water partition coefficient (Wildman–Crippen LogP) is 3.95. The molecule has 4 rings (SSSR count). The van der Waals surface area contributed by atoms with Crippen molar-refractivity contribution in [2.75, 3.05) is 39.6 Å². The first-order valence-electron chi connectivity index (χ1n) is 11.0. The summed E-state index contributed by atoms with van der Waals surface area (Å²) in [5.74, 6) is 1.63. The molecule has 6 nitrogen and oxygen atoms in total. The number of hydrogen-bond acceptors (Lipinski definition) is 6. The topological polar surface area (TPSA) is 62.0 Å². The fourth-order valence-electron chi connectivity index (χ4n) is 3.41. The van der Waals surface area contributed by atoms with Crippen LogP contribution in [0.3, 0.4) is 0 Å². The van der Waals surface area contributed by atoms with Crippen LogP contribution in [0.5, 0.6) is 11.5 Å². The fourth-order valence-corrected chi connectivity index (χ4v) is 3.41. The van der Waals surface area contributed by atoms with Crippen LogP contribution in [-0.4, -0.2) is 58.1 Å². The lowest BCUT2D eigenvalue weighted by Crippen LogP contribution is -2.27. The summed E-state index contributed by atoms with van der Waals surface area (Å²) in [6.07, 6.45) is -0.0140. The van der Waals surface area contributed by atoms with E-state index in [0.717, 1.165) is 18.1 Å². The van der Waals surface area contributed by atoms with Gasteiger partial charge in [-0.05, 0) is 42.3 Å². The van der Waals surface area contributed by atoms with Crippen molar-refractivity contribution in [2.45, 2.75) is 44.7 Å². The minimum absolute atomic E-state index is 0.0376. The van der Waals surface area contributed by atoms with Crippen molar-refractivity contribution in [1.82, 2.24) is 0 Å². The lowest BCUT2D eigenvalue weighted by Gasteiger charge is -2.27. The maximum Gasteiger partial charge on any atom is 0.228 e. The highest BCUT2D eigenvalue weighted by Crippen LogP contribution is 2.34. The molecule has 0 spiro atoms. The Morgan fingerprint density at radius 3 is 2.06 bits per heavy atom. The number of ether oxygens (including phenoxy) is 6. The van der Waals surface area contributed by atoms with Crippen LogP contribution in [0.2, 0.25) is 0 Å². The van der Waals surface area contributed by atoms with Crippen molar-refractivity contribution in [3.63, 3.8) is 0 Å². The van der Waals surface area contributed by atoms with Gasteiger partial charge in [-0.25, -0.2) is 0 Å². The minimum Gasteiger partial charge on any atom is -0.491 e. The Kier molecular flexibility index (Phi) is 7.13. The van der Waals surface area contributed by atoms with Crippen LogP contribution >= 0.6 is 0 Å². The van der Waals surface area contributed by atoms with Gasteiger partial charge in [-0.15, -0.1) is 0 Å². The summed E-state index contributed by atoms with van der Waals surface area (Å²) in [6.45, 7) is 10.2. The Morgan fingerprint density at radius 2 is 1.52 bits per heavy atom. The monoisotopic (exact) mass is 428 g/mol. The molecule has 0 bridgehead atoms. The van der Waals surface area contributed by atoms with Crippen molar-refractivity contribution in [3.05, 3.63) is 59.7 Å². The van der Waals surface area contributed by atoms with Gasteiger partial charge < -0.3 is 28.4 Å². The Morgan fingerprint density at radius 1 is 0.903 bits per heavy atom. The summed E-state index contributed by atoms with van der Waals surface area (Å²) in [7, 11) is 0. The molecular weight excluding hydrogens is 396 g/mol. The molecule has 3 atom stereocenters. The maximum absolute atomic E-state index is 5.96. The lowest BCUT2D eigenvalue weighted by atomic mass is 9.78. The molecule has 0 amide bonds. The van der Waals surface area contributed by atoms with Crippen LogP contribution in [0.1, 0.15) is 31.9 Å². The van der Waals surface area contributed by atoms with E-state index in [1.54, 1.807) is 0 Å². The second-order valence-corrected chi connectivity index (χ2v) is 8.37. The number of rotatable bonds is 13. The van der Waals surface area contributed by atoms with Gasteiger partial charge in [0.05, 0.1) is 26.4 Å². The quantitative estimate of drug-likeness (QED) is 0.274. The molecule has 0 radical (unpaired) electrons. The zero-order valence-electron chi connectivity index (χ0n) is 18.5. The van der Waals surface area contributed by atoms with E-state index in [0.29, 0.717) is 39.1 Å². The highest BCUT2D eigenvalue weighted by molar-refractivity contribution is 5.41. The molecule has 0 aliphatic carbocycles. The third kappa shape index (κ3) is 6.20. The van der Waals surface area contributed by atoms with E-state index < -0.39 is 0 Å². The first-order chi connectivity index (χ1) is 15.1. The average molecular weight is 429 g/mol. The first kappa shape index (κ1) is 22.1. The van der Waals surface area contributed by atoms with Gasteiger partial charge in [0, 0.05) is 12.0 Å². The molecule has 0 N–H and O–H groups in total. The summed E-state index contributed by atoms with van der Waals surface area (Å²) in [5, 5.41) is 0. The van der Waals surface area contributed by atoms with Crippen LogP contribution in [0.15, 0.2) is 48.5 Å². The largest absolute Gasteiger partial charge is 0.491 e. The van der Waals surface area contributed by atoms with Gasteiger partial charge in [-0.1, -0.05) is 38.1 Å². The molecule has 2 heterocycles. The molecule has 2 aromatic carbocycles. The molecule has 2 aromatic rings. The van der Waals surface area contributed by atoms with Crippen LogP contribution in [0, 0.1) is 0 Å². The molecule has 3 unspecified atom stereocenters. The first-order valence-corrected chi connectivity index (χ1v) is 11.0. The number of benzene rings is 2. The third-order valence-electron chi connectivity index (χ3n) is 5.60. The molecule has 2 aliphatic heterocycles. The van der Waals surface area contributed by atoms with Gasteiger partial charge in [0.15, 0.2) is 0 Å². The highest BCUT2D eigenvalue weighted by Gasteiger charge is 2.35. The van der Waals surface area contributed by atoms with Crippen molar-refractivity contribution >= 4 is 0 Å². The molecule has 168 valence electrons. The normalized spacial score (nSPS) is 20.9. The van der Waals surface area contributed by atoms with Gasteiger partial charge in [-0.2, -0.15) is 0 Å². The summed E-state index contributed by atoms with van der Waals surface area (Å²) >= 11 is 0. The smallest absolute Gasteiger partial charge is 0.228 e. The second-order valence-electron chi connectivity index (χ2n) is 8.37. The van der Waals surface area contributed by atoms with E-state index in [4.69, 9.17) is 28.4 Å². The van der Waals surface area contributed by atoms with Crippen molar-refractivity contribution < 1.29 is 28.4 Å². The zero-order valence-corrected chi connectivity index (χ0v) is 18.5. The fraction of sp³-hybridized carbons (Fsp3) is 0.520. The summed E-state index contributed by atoms with van der Waals surface area (Å²) < 4.78 is 33.3. The Bertz CT molecular complexity index is 809. The van der Waals surface area contributed by atoms with E-state index >= 15 is 0 Å². The lowest BCUT2D eigenvalue weighted by molar-refractivity contribution is -0.0897. The number of hydrogen-bond donors (Lipinski definition) is 0. The van der Waals surface area contributed by atoms with Gasteiger partial charge in [0.2, 0.25) is 6.29 Å². The summed E-state index contributed by atoms with van der Waals surface area (Å²) in [4.78, 5) is 0. The van der Waals surface area contributed by atoms with Gasteiger partial charge in [-0.3, -0.25) is 0 Å². The predicted molar refractivity (Wildman–Crippen MR) is 117 cm³/mol. The van der Waals surface area contributed by atoms with Crippen molar-refractivity contribution in [1.29, 1.82) is 0 Å². The van der Waals surface area contributed by atoms with Crippen LogP contribution in [0.4, 0.5) is 0 Å². The Labute approximate surface area is 184 Å². The SMILES string of the molecule is CCOC(Oc1ccc(C(C)(C)c2ccc(OCCOCC3CO3)cc2)cc1)C1CO1. The molecule has 31 heavy (non-hydrogen) atoms. The standard InChI is InChI=1S/C25H32O6/c1-4-27-24(23-17-30-23)31-21-11-7-19(8-12-21)25(2,3)18-5-9-20(10-6-18)28-14-13-26-15-22-16-29-22/h5-12,22-24H,4,13-17H2,1-3H3. The van der Waals surface area contributed by atoms with E-state index in [9.17, 15) is 0 Å². The maximum atomic E-state index is 5.96. The molecule has 6 heteroatoms. The van der Waals surface area contributed by atoms with E-state index in [2.05, 4.69) is 38.1 Å². The van der Waals surface area contributed by atoms with E-state index in [1.807, 2.05) is 31.2 Å². The molecule has 2 fully saturated rings. The van der Waals surface area contributed by atoms with Crippen molar-refractivity contribution in [3.8, 4) is 11.5 Å². The summed E-state index contributed by atoms with van der Waals surface area (Å²) in [5.41, 5.74) is 2.28. The van der Waals surface area contributed by atoms with Crippen molar-refractivity contribution in [2.24, 2.45) is 0 Å². The molecular formula is C25H32O6. The third-order valence-corrected chi connectivity index (χ3v) is 5.60. The zero-order chi connectivity index (χ0) is 21.7. The Balaban J connectivity index is 1.31. The highest BCUT2D eigenvalue weighted by atomic mass is 16.7. The van der Waals surface area contributed by atoms with E-state index in [-0.39, 0.29) is 17.8 Å². The van der Waals surface area contributed by atoms with Crippen LogP contribution in [0.25, 0.3) is 0 Å². The van der Waals surface area contributed by atoms with Gasteiger partial charge in [0.25, 0.3) is 0 Å². The molecule has 0 saturated carbocycles. The van der Waals surface area contributed by atoms with E-state index in [1.165, 1.54) is 11.1 Å². The van der Waals surface area contributed by atoms with Gasteiger partial charge in [0.1, 0.15) is 30.3 Å². The van der Waals surface area contributed by atoms with Crippen LogP contribution < -0.4 is 9.47 Å². The second kappa shape index (κ2) is 10.0. The summed E-state index contributed by atoms with van der Waals surface area (Å²) in [6, 6.07) is 16.5. The molecule has 2 saturated heterocycles. The minimum atomic E-state index is -0.344.